The Labute approximate surface area is 113 Å². The molecule has 2 N–H and O–H groups in total. The summed E-state index contributed by atoms with van der Waals surface area (Å²) in [5, 5.41) is 3.47. The van der Waals surface area contributed by atoms with Crippen molar-refractivity contribution in [2.24, 2.45) is 0 Å². The van der Waals surface area contributed by atoms with Crippen molar-refractivity contribution in [3.05, 3.63) is 35.8 Å². The number of aromatic nitrogens is 2. The average Bonchev–Trinajstić information content (AvgIpc) is 3.07. The van der Waals surface area contributed by atoms with Crippen molar-refractivity contribution in [2.75, 3.05) is 13.7 Å². The molecular formula is C15H19N3O. The molecule has 19 heavy (non-hydrogen) atoms. The first-order valence-corrected chi connectivity index (χ1v) is 6.72. The molecule has 0 bridgehead atoms. The molecule has 1 aliphatic rings. The predicted molar refractivity (Wildman–Crippen MR) is 75.3 cm³/mol. The molecule has 100 valence electrons. The summed E-state index contributed by atoms with van der Waals surface area (Å²) >= 11 is 0. The van der Waals surface area contributed by atoms with Crippen LogP contribution in [-0.2, 0) is 0 Å². The lowest BCUT2D eigenvalue weighted by atomic mass is 10.1. The number of rotatable bonds is 3. The fraction of sp³-hybridized carbons (Fsp3) is 0.400. The second kappa shape index (κ2) is 5.05. The molecule has 0 radical (unpaired) electrons. The maximum Gasteiger partial charge on any atom is 0.124 e. The molecule has 0 amide bonds. The molecule has 4 nitrogen and oxygen atoms in total. The molecule has 1 saturated heterocycles. The van der Waals surface area contributed by atoms with Gasteiger partial charge in [-0.1, -0.05) is 12.1 Å². The minimum Gasteiger partial charge on any atom is -0.497 e. The van der Waals surface area contributed by atoms with Crippen LogP contribution in [0.1, 0.15) is 30.4 Å². The van der Waals surface area contributed by atoms with Gasteiger partial charge in [-0.3, -0.25) is 0 Å². The molecule has 0 saturated carbocycles. The number of imidazole rings is 1. The van der Waals surface area contributed by atoms with Crippen LogP contribution in [0, 0.1) is 6.92 Å². The second-order valence-corrected chi connectivity index (χ2v) is 4.98. The van der Waals surface area contributed by atoms with Crippen LogP contribution in [-0.4, -0.2) is 23.6 Å². The van der Waals surface area contributed by atoms with Gasteiger partial charge in [0.05, 0.1) is 18.8 Å². The Morgan fingerprint density at radius 2 is 2.26 bits per heavy atom. The SMILES string of the molecule is COc1cccc(-c2nc(C3CCCN3)[nH]c2C)c1. The van der Waals surface area contributed by atoms with Crippen molar-refractivity contribution < 1.29 is 4.74 Å². The zero-order valence-corrected chi connectivity index (χ0v) is 11.4. The Hall–Kier alpha value is -1.81. The van der Waals surface area contributed by atoms with Crippen molar-refractivity contribution in [3.8, 4) is 17.0 Å². The van der Waals surface area contributed by atoms with Crippen LogP contribution in [0.5, 0.6) is 5.75 Å². The highest BCUT2D eigenvalue weighted by molar-refractivity contribution is 5.63. The fourth-order valence-corrected chi connectivity index (χ4v) is 2.62. The first kappa shape index (κ1) is 12.2. The summed E-state index contributed by atoms with van der Waals surface area (Å²) in [5.41, 5.74) is 3.22. The van der Waals surface area contributed by atoms with Crippen LogP contribution in [0.25, 0.3) is 11.3 Å². The molecule has 0 spiro atoms. The maximum atomic E-state index is 5.27. The van der Waals surface area contributed by atoms with Crippen LogP contribution in [0.3, 0.4) is 0 Å². The van der Waals surface area contributed by atoms with E-state index in [1.165, 1.54) is 6.42 Å². The van der Waals surface area contributed by atoms with E-state index < -0.39 is 0 Å². The summed E-state index contributed by atoms with van der Waals surface area (Å²) in [6, 6.07) is 8.41. The van der Waals surface area contributed by atoms with Crippen molar-refractivity contribution in [3.63, 3.8) is 0 Å². The number of H-pyrrole nitrogens is 1. The third kappa shape index (κ3) is 2.36. The molecule has 3 rings (SSSR count). The fourth-order valence-electron chi connectivity index (χ4n) is 2.62. The molecule has 0 aliphatic carbocycles. The molecule has 1 fully saturated rings. The predicted octanol–water partition coefficient (Wildman–Crippen LogP) is 2.82. The van der Waals surface area contributed by atoms with E-state index in [1.54, 1.807) is 7.11 Å². The first-order valence-electron chi connectivity index (χ1n) is 6.72. The second-order valence-electron chi connectivity index (χ2n) is 4.98. The molecule has 1 atom stereocenters. The number of hydrogen-bond acceptors (Lipinski definition) is 3. The lowest BCUT2D eigenvalue weighted by Gasteiger charge is -2.05. The zero-order chi connectivity index (χ0) is 13.2. The van der Waals surface area contributed by atoms with E-state index in [4.69, 9.17) is 9.72 Å². The Morgan fingerprint density at radius 1 is 1.37 bits per heavy atom. The van der Waals surface area contributed by atoms with E-state index in [9.17, 15) is 0 Å². The molecule has 2 aromatic rings. The number of hydrogen-bond donors (Lipinski definition) is 2. The Morgan fingerprint density at radius 3 is 3.00 bits per heavy atom. The largest absolute Gasteiger partial charge is 0.497 e. The number of aromatic amines is 1. The average molecular weight is 257 g/mol. The van der Waals surface area contributed by atoms with Gasteiger partial charge in [0, 0.05) is 11.3 Å². The molecule has 2 heterocycles. The highest BCUT2D eigenvalue weighted by Crippen LogP contribution is 2.28. The molecule has 1 aromatic carbocycles. The number of aryl methyl sites for hydroxylation is 1. The van der Waals surface area contributed by atoms with Gasteiger partial charge >= 0.3 is 0 Å². The summed E-state index contributed by atoms with van der Waals surface area (Å²) in [4.78, 5) is 8.17. The summed E-state index contributed by atoms with van der Waals surface area (Å²) in [6.07, 6.45) is 2.38. The number of ether oxygens (including phenoxy) is 1. The monoisotopic (exact) mass is 257 g/mol. The van der Waals surface area contributed by atoms with Crippen molar-refractivity contribution in [2.45, 2.75) is 25.8 Å². The van der Waals surface area contributed by atoms with Gasteiger partial charge in [-0.15, -0.1) is 0 Å². The van der Waals surface area contributed by atoms with Gasteiger partial charge in [0.15, 0.2) is 0 Å². The Bertz CT molecular complexity index is 571. The van der Waals surface area contributed by atoms with Gasteiger partial charge in [-0.05, 0) is 38.4 Å². The van der Waals surface area contributed by atoms with Gasteiger partial charge in [0.25, 0.3) is 0 Å². The minimum atomic E-state index is 0.373. The minimum absolute atomic E-state index is 0.373. The van der Waals surface area contributed by atoms with Gasteiger partial charge in [-0.25, -0.2) is 4.98 Å². The standard InChI is InChI=1S/C15H19N3O/c1-10-14(11-5-3-6-12(9-11)19-2)18-15(17-10)13-7-4-8-16-13/h3,5-6,9,13,16H,4,7-8H2,1-2H3,(H,17,18). The smallest absolute Gasteiger partial charge is 0.124 e. The van der Waals surface area contributed by atoms with Crippen LogP contribution < -0.4 is 10.1 Å². The molecular weight excluding hydrogens is 238 g/mol. The van der Waals surface area contributed by atoms with Crippen LogP contribution >= 0.6 is 0 Å². The van der Waals surface area contributed by atoms with Crippen LogP contribution in [0.4, 0.5) is 0 Å². The number of methoxy groups -OCH3 is 1. The Balaban J connectivity index is 1.95. The Kier molecular flexibility index (Phi) is 3.25. The lowest BCUT2D eigenvalue weighted by molar-refractivity contribution is 0.415. The molecule has 1 aromatic heterocycles. The van der Waals surface area contributed by atoms with Crippen molar-refractivity contribution >= 4 is 0 Å². The number of benzene rings is 1. The van der Waals surface area contributed by atoms with E-state index in [0.717, 1.165) is 41.5 Å². The number of nitrogens with one attached hydrogen (secondary N) is 2. The van der Waals surface area contributed by atoms with E-state index >= 15 is 0 Å². The third-order valence-corrected chi connectivity index (χ3v) is 3.64. The summed E-state index contributed by atoms with van der Waals surface area (Å²) in [5.74, 6) is 1.91. The lowest BCUT2D eigenvalue weighted by Crippen LogP contribution is -2.14. The van der Waals surface area contributed by atoms with Gasteiger partial charge < -0.3 is 15.0 Å². The van der Waals surface area contributed by atoms with Gasteiger partial charge in [0.2, 0.25) is 0 Å². The van der Waals surface area contributed by atoms with E-state index in [0.29, 0.717) is 6.04 Å². The summed E-state index contributed by atoms with van der Waals surface area (Å²) < 4.78 is 5.27. The van der Waals surface area contributed by atoms with Gasteiger partial charge in [0.1, 0.15) is 11.6 Å². The zero-order valence-electron chi connectivity index (χ0n) is 11.4. The maximum absolute atomic E-state index is 5.27. The third-order valence-electron chi connectivity index (χ3n) is 3.64. The van der Waals surface area contributed by atoms with Crippen molar-refractivity contribution in [1.29, 1.82) is 0 Å². The first-order chi connectivity index (χ1) is 9.28. The van der Waals surface area contributed by atoms with Crippen LogP contribution in [0.15, 0.2) is 24.3 Å². The topological polar surface area (TPSA) is 49.9 Å². The molecule has 1 aliphatic heterocycles. The van der Waals surface area contributed by atoms with Crippen molar-refractivity contribution in [1.82, 2.24) is 15.3 Å². The van der Waals surface area contributed by atoms with E-state index in [2.05, 4.69) is 23.3 Å². The molecule has 4 heteroatoms. The highest BCUT2D eigenvalue weighted by Gasteiger charge is 2.20. The number of nitrogens with zero attached hydrogens (tertiary/aromatic N) is 1. The van der Waals surface area contributed by atoms with Gasteiger partial charge in [-0.2, -0.15) is 0 Å². The van der Waals surface area contributed by atoms with E-state index in [-0.39, 0.29) is 0 Å². The quantitative estimate of drug-likeness (QED) is 0.889. The normalized spacial score (nSPS) is 18.7. The van der Waals surface area contributed by atoms with Crippen LogP contribution in [0.2, 0.25) is 0 Å². The van der Waals surface area contributed by atoms with E-state index in [1.807, 2.05) is 18.2 Å². The molecule has 1 unspecified atom stereocenters. The summed E-state index contributed by atoms with van der Waals surface area (Å²) in [7, 11) is 1.68. The summed E-state index contributed by atoms with van der Waals surface area (Å²) in [6.45, 7) is 3.15. The highest BCUT2D eigenvalue weighted by atomic mass is 16.5.